The van der Waals surface area contributed by atoms with Gasteiger partial charge in [0.15, 0.2) is 4.96 Å². The Morgan fingerprint density at radius 1 is 1.35 bits per heavy atom. The number of hydrogen-bond donors (Lipinski definition) is 0. The van der Waals surface area contributed by atoms with Crippen LogP contribution in [0.2, 0.25) is 0 Å². The van der Waals surface area contributed by atoms with Crippen molar-refractivity contribution in [2.75, 3.05) is 13.7 Å². The lowest BCUT2D eigenvalue weighted by molar-refractivity contribution is 0.0782. The number of aryl methyl sites for hydroxylation is 2. The van der Waals surface area contributed by atoms with E-state index in [1.165, 1.54) is 4.88 Å². The topological polar surface area (TPSA) is 46.8 Å². The number of ether oxygens (including phenoxy) is 1. The summed E-state index contributed by atoms with van der Waals surface area (Å²) in [6, 6.07) is 7.39. The molecular weight excluding hydrogens is 346 g/mol. The van der Waals surface area contributed by atoms with Gasteiger partial charge < -0.3 is 9.64 Å². The van der Waals surface area contributed by atoms with Gasteiger partial charge in [0.25, 0.3) is 5.91 Å². The van der Waals surface area contributed by atoms with E-state index in [0.717, 1.165) is 22.1 Å². The lowest BCUT2D eigenvalue weighted by Gasteiger charge is -2.18. The minimum atomic E-state index is -0.0266. The number of nitrogens with zero attached hydrogens (tertiary/aromatic N) is 3. The van der Waals surface area contributed by atoms with Gasteiger partial charge in [-0.1, -0.05) is 19.9 Å². The van der Waals surface area contributed by atoms with Crippen LogP contribution in [-0.2, 0) is 6.54 Å². The molecule has 3 aromatic rings. The van der Waals surface area contributed by atoms with Crippen molar-refractivity contribution in [1.29, 1.82) is 0 Å². The first kappa shape index (κ1) is 18.5. The lowest BCUT2D eigenvalue weighted by Crippen LogP contribution is -2.27. The van der Waals surface area contributed by atoms with Gasteiger partial charge in [0, 0.05) is 23.7 Å². The fourth-order valence-electron chi connectivity index (χ4n) is 2.80. The Labute approximate surface area is 158 Å². The summed E-state index contributed by atoms with van der Waals surface area (Å²) in [6.07, 6.45) is 2.08. The molecule has 2 heterocycles. The number of thiazole rings is 1. The minimum Gasteiger partial charge on any atom is -0.493 e. The number of rotatable bonds is 6. The monoisotopic (exact) mass is 371 g/mol. The largest absolute Gasteiger partial charge is 0.493 e. The summed E-state index contributed by atoms with van der Waals surface area (Å²) >= 11 is 1.66. The molecule has 0 aliphatic carbocycles. The van der Waals surface area contributed by atoms with Crippen LogP contribution in [0, 0.1) is 19.8 Å². The van der Waals surface area contributed by atoms with Crippen LogP contribution in [0.1, 0.15) is 40.5 Å². The van der Waals surface area contributed by atoms with E-state index in [9.17, 15) is 4.79 Å². The van der Waals surface area contributed by atoms with Crippen LogP contribution >= 0.6 is 11.3 Å². The number of hydrogen-bond acceptors (Lipinski definition) is 4. The maximum absolute atomic E-state index is 12.9. The van der Waals surface area contributed by atoms with Crippen LogP contribution in [0.4, 0.5) is 0 Å². The van der Waals surface area contributed by atoms with E-state index in [-0.39, 0.29) is 5.91 Å². The SMILES string of the molecule is Cc1cn2c(CN(C)C(=O)c3cccc(OCC(C)C)c3)c(C)nc2s1. The predicted octanol–water partition coefficient (Wildman–Crippen LogP) is 4.32. The second-order valence-corrected chi connectivity index (χ2v) is 8.25. The van der Waals surface area contributed by atoms with Crippen LogP contribution in [0.5, 0.6) is 5.75 Å². The zero-order chi connectivity index (χ0) is 18.8. The number of carbonyl (C=O) groups excluding carboxylic acids is 1. The van der Waals surface area contributed by atoms with Crippen LogP contribution in [0.15, 0.2) is 30.5 Å². The van der Waals surface area contributed by atoms with Gasteiger partial charge in [-0.25, -0.2) is 4.98 Å². The van der Waals surface area contributed by atoms with Crippen molar-refractivity contribution < 1.29 is 9.53 Å². The summed E-state index contributed by atoms with van der Waals surface area (Å²) in [5.41, 5.74) is 2.64. The molecule has 1 aromatic carbocycles. The van der Waals surface area contributed by atoms with Crippen molar-refractivity contribution in [2.24, 2.45) is 5.92 Å². The molecule has 0 N–H and O–H groups in total. The molecule has 0 aliphatic rings. The smallest absolute Gasteiger partial charge is 0.254 e. The van der Waals surface area contributed by atoms with E-state index in [1.54, 1.807) is 16.2 Å². The third kappa shape index (κ3) is 3.90. The van der Waals surface area contributed by atoms with Crippen LogP contribution in [0.25, 0.3) is 4.96 Å². The van der Waals surface area contributed by atoms with E-state index < -0.39 is 0 Å². The Hall–Kier alpha value is -2.34. The normalized spacial score (nSPS) is 11.3. The Morgan fingerprint density at radius 2 is 2.12 bits per heavy atom. The molecule has 0 saturated carbocycles. The molecule has 26 heavy (non-hydrogen) atoms. The molecular formula is C20H25N3O2S. The maximum atomic E-state index is 12.9. The van der Waals surface area contributed by atoms with Crippen molar-refractivity contribution in [3.8, 4) is 5.75 Å². The van der Waals surface area contributed by atoms with E-state index in [4.69, 9.17) is 4.74 Å². The summed E-state index contributed by atoms with van der Waals surface area (Å²) in [6.45, 7) is 9.41. The van der Waals surface area contributed by atoms with Crippen molar-refractivity contribution in [3.63, 3.8) is 0 Å². The average Bonchev–Trinajstić information content (AvgIpc) is 3.09. The third-order valence-electron chi connectivity index (χ3n) is 4.14. The first-order valence-electron chi connectivity index (χ1n) is 8.77. The maximum Gasteiger partial charge on any atom is 0.254 e. The number of aromatic nitrogens is 2. The third-order valence-corrected chi connectivity index (χ3v) is 5.04. The molecule has 0 bridgehead atoms. The molecule has 0 atom stereocenters. The number of fused-ring (bicyclic) bond motifs is 1. The fourth-order valence-corrected chi connectivity index (χ4v) is 3.69. The van der Waals surface area contributed by atoms with Crippen LogP contribution in [-0.4, -0.2) is 33.8 Å². The van der Waals surface area contributed by atoms with Gasteiger partial charge >= 0.3 is 0 Å². The van der Waals surface area contributed by atoms with Gasteiger partial charge in [-0.05, 0) is 38.0 Å². The highest BCUT2D eigenvalue weighted by Gasteiger charge is 2.18. The highest BCUT2D eigenvalue weighted by molar-refractivity contribution is 7.17. The van der Waals surface area contributed by atoms with Gasteiger partial charge in [0.2, 0.25) is 0 Å². The van der Waals surface area contributed by atoms with Gasteiger partial charge in [-0.3, -0.25) is 9.20 Å². The van der Waals surface area contributed by atoms with E-state index in [0.29, 0.717) is 24.6 Å². The Balaban J connectivity index is 1.77. The molecule has 0 radical (unpaired) electrons. The van der Waals surface area contributed by atoms with E-state index in [2.05, 4.69) is 36.4 Å². The van der Waals surface area contributed by atoms with Gasteiger partial charge in [-0.2, -0.15) is 0 Å². The second-order valence-electron chi connectivity index (χ2n) is 7.03. The molecule has 0 fully saturated rings. The quantitative estimate of drug-likeness (QED) is 0.648. The molecule has 5 nitrogen and oxygen atoms in total. The molecule has 0 aliphatic heterocycles. The van der Waals surface area contributed by atoms with Gasteiger partial charge in [0.05, 0.1) is 24.5 Å². The molecule has 138 valence electrons. The molecule has 3 rings (SSSR count). The lowest BCUT2D eigenvalue weighted by atomic mass is 10.2. The Morgan fingerprint density at radius 3 is 2.85 bits per heavy atom. The molecule has 0 saturated heterocycles. The van der Waals surface area contributed by atoms with E-state index >= 15 is 0 Å². The molecule has 0 spiro atoms. The van der Waals surface area contributed by atoms with Crippen molar-refractivity contribution in [1.82, 2.24) is 14.3 Å². The summed E-state index contributed by atoms with van der Waals surface area (Å²) in [5.74, 6) is 1.15. The fraction of sp³-hybridized carbons (Fsp3) is 0.400. The average molecular weight is 372 g/mol. The highest BCUT2D eigenvalue weighted by Crippen LogP contribution is 2.22. The van der Waals surface area contributed by atoms with E-state index in [1.807, 2.05) is 38.2 Å². The first-order chi connectivity index (χ1) is 12.3. The van der Waals surface area contributed by atoms with Crippen molar-refractivity contribution in [3.05, 3.63) is 52.3 Å². The minimum absolute atomic E-state index is 0.0266. The summed E-state index contributed by atoms with van der Waals surface area (Å²) in [4.78, 5) is 21.4. The number of amides is 1. The summed E-state index contributed by atoms with van der Waals surface area (Å²) in [5, 5.41) is 0. The molecule has 1 amide bonds. The summed E-state index contributed by atoms with van der Waals surface area (Å²) in [7, 11) is 1.82. The molecule has 6 heteroatoms. The number of imidazole rings is 1. The molecule has 2 aromatic heterocycles. The van der Waals surface area contributed by atoms with Gasteiger partial charge in [0.1, 0.15) is 5.75 Å². The zero-order valence-electron chi connectivity index (χ0n) is 15.9. The Bertz CT molecular complexity index is 926. The predicted molar refractivity (Wildman–Crippen MR) is 105 cm³/mol. The summed E-state index contributed by atoms with van der Waals surface area (Å²) < 4.78 is 7.82. The van der Waals surface area contributed by atoms with Crippen molar-refractivity contribution in [2.45, 2.75) is 34.2 Å². The highest BCUT2D eigenvalue weighted by atomic mass is 32.1. The second kappa shape index (κ2) is 7.50. The van der Waals surface area contributed by atoms with Gasteiger partial charge in [-0.15, -0.1) is 11.3 Å². The van der Waals surface area contributed by atoms with Crippen LogP contribution in [0.3, 0.4) is 0 Å². The number of benzene rings is 1. The first-order valence-corrected chi connectivity index (χ1v) is 9.59. The zero-order valence-corrected chi connectivity index (χ0v) is 16.8. The standard InChI is InChI=1S/C20H25N3O2S/c1-13(2)12-25-17-8-6-7-16(9-17)19(24)22(5)11-18-15(4)21-20-23(18)10-14(3)26-20/h6-10,13H,11-12H2,1-5H3. The van der Waals surface area contributed by atoms with Crippen LogP contribution < -0.4 is 4.74 Å². The Kier molecular flexibility index (Phi) is 5.32. The molecule has 0 unspecified atom stereocenters. The van der Waals surface area contributed by atoms with Crippen molar-refractivity contribution >= 4 is 22.2 Å². The number of carbonyl (C=O) groups is 1.